The highest BCUT2D eigenvalue weighted by molar-refractivity contribution is 5.69. The van der Waals surface area contributed by atoms with Crippen LogP contribution in [0.5, 0.6) is 0 Å². The zero-order chi connectivity index (χ0) is 7.82. The molecule has 0 fully saturated rings. The lowest BCUT2D eigenvalue weighted by Crippen LogP contribution is -2.02. The largest absolute Gasteiger partial charge is 0.466 e. The molecule has 0 aliphatic carbocycles. The Hall–Kier alpha value is -1.01. The molecule has 0 heterocycles. The Bertz CT molecular complexity index is 143. The molecule has 0 aromatic rings. The quantitative estimate of drug-likeness (QED) is 0.438. The minimum Gasteiger partial charge on any atom is -0.466 e. The molecular formula is C8H12O2. The fourth-order valence-electron chi connectivity index (χ4n) is 0.525. The molecule has 0 saturated heterocycles. The Balaban J connectivity index is 3.30. The van der Waals surface area contributed by atoms with E-state index >= 15 is 0 Å². The summed E-state index contributed by atoms with van der Waals surface area (Å²) >= 11 is 0. The Morgan fingerprint density at radius 1 is 1.80 bits per heavy atom. The van der Waals surface area contributed by atoms with Gasteiger partial charge in [-0.2, -0.15) is 0 Å². The molecule has 0 aliphatic heterocycles. The number of rotatable bonds is 4. The molecule has 0 rings (SSSR count). The van der Waals surface area contributed by atoms with Gasteiger partial charge in [0.05, 0.1) is 6.61 Å². The fourth-order valence-corrected chi connectivity index (χ4v) is 0.525. The first-order valence-electron chi connectivity index (χ1n) is 3.31. The van der Waals surface area contributed by atoms with Crippen LogP contribution in [0.1, 0.15) is 19.8 Å². The van der Waals surface area contributed by atoms with E-state index in [-0.39, 0.29) is 5.97 Å². The standard InChI is InChI=1S/C8H12O2/c1-3-5-6-7-8(9)10-4-2/h5H,1,4,6-7H2,2H3. The van der Waals surface area contributed by atoms with Crippen LogP contribution < -0.4 is 0 Å². The van der Waals surface area contributed by atoms with E-state index in [1.54, 1.807) is 13.0 Å². The van der Waals surface area contributed by atoms with Crippen LogP contribution in [0.4, 0.5) is 0 Å². The highest BCUT2D eigenvalue weighted by atomic mass is 16.5. The van der Waals surface area contributed by atoms with E-state index in [0.29, 0.717) is 19.4 Å². The summed E-state index contributed by atoms with van der Waals surface area (Å²) in [6.07, 6.45) is 2.82. The molecule has 0 bridgehead atoms. The second-order valence-electron chi connectivity index (χ2n) is 1.75. The van der Waals surface area contributed by atoms with Crippen molar-refractivity contribution in [3.05, 3.63) is 18.4 Å². The van der Waals surface area contributed by atoms with Crippen molar-refractivity contribution >= 4 is 5.97 Å². The van der Waals surface area contributed by atoms with E-state index in [1.165, 1.54) is 0 Å². The molecule has 0 aromatic carbocycles. The third-order valence-electron chi connectivity index (χ3n) is 0.942. The summed E-state index contributed by atoms with van der Waals surface area (Å²) in [6.45, 7) is 5.62. The highest BCUT2D eigenvalue weighted by Crippen LogP contribution is 1.92. The molecular weight excluding hydrogens is 128 g/mol. The van der Waals surface area contributed by atoms with Crippen LogP contribution in [0, 0.1) is 0 Å². The van der Waals surface area contributed by atoms with Gasteiger partial charge in [-0.15, -0.1) is 5.73 Å². The minimum atomic E-state index is -0.158. The number of hydrogen-bond acceptors (Lipinski definition) is 2. The Morgan fingerprint density at radius 2 is 2.50 bits per heavy atom. The van der Waals surface area contributed by atoms with E-state index in [2.05, 4.69) is 17.0 Å². The van der Waals surface area contributed by atoms with E-state index in [9.17, 15) is 4.79 Å². The predicted octanol–water partition coefficient (Wildman–Crippen LogP) is 1.67. The molecule has 56 valence electrons. The normalized spacial score (nSPS) is 8.10. The average Bonchev–Trinajstić information content (AvgIpc) is 1.89. The average molecular weight is 140 g/mol. The van der Waals surface area contributed by atoms with Crippen LogP contribution in [0.3, 0.4) is 0 Å². The monoisotopic (exact) mass is 140 g/mol. The van der Waals surface area contributed by atoms with Crippen molar-refractivity contribution in [2.45, 2.75) is 19.8 Å². The maximum Gasteiger partial charge on any atom is 0.306 e. The lowest BCUT2D eigenvalue weighted by Gasteiger charge is -1.96. The Morgan fingerprint density at radius 3 is 3.00 bits per heavy atom. The summed E-state index contributed by atoms with van der Waals surface area (Å²) in [7, 11) is 0. The van der Waals surface area contributed by atoms with Gasteiger partial charge in [-0.05, 0) is 19.4 Å². The first kappa shape index (κ1) is 8.99. The summed E-state index contributed by atoms with van der Waals surface area (Å²) in [5, 5.41) is 0. The van der Waals surface area contributed by atoms with Gasteiger partial charge in [0.25, 0.3) is 0 Å². The van der Waals surface area contributed by atoms with Crippen molar-refractivity contribution in [3.63, 3.8) is 0 Å². The number of ether oxygens (including phenoxy) is 1. The molecule has 0 unspecified atom stereocenters. The molecule has 0 radical (unpaired) electrons. The molecule has 0 saturated carbocycles. The van der Waals surface area contributed by atoms with E-state index in [4.69, 9.17) is 0 Å². The molecule has 2 nitrogen and oxygen atoms in total. The van der Waals surface area contributed by atoms with Crippen molar-refractivity contribution in [2.75, 3.05) is 6.61 Å². The van der Waals surface area contributed by atoms with E-state index in [0.717, 1.165) is 0 Å². The van der Waals surface area contributed by atoms with Crippen LogP contribution >= 0.6 is 0 Å². The molecule has 0 amide bonds. The zero-order valence-corrected chi connectivity index (χ0v) is 6.22. The lowest BCUT2D eigenvalue weighted by atomic mass is 10.3. The van der Waals surface area contributed by atoms with E-state index in [1.807, 2.05) is 0 Å². The lowest BCUT2D eigenvalue weighted by molar-refractivity contribution is -0.142. The van der Waals surface area contributed by atoms with Gasteiger partial charge in [0.2, 0.25) is 0 Å². The summed E-state index contributed by atoms with van der Waals surface area (Å²) in [5.41, 5.74) is 2.58. The maximum absolute atomic E-state index is 10.6. The molecule has 0 spiro atoms. The van der Waals surface area contributed by atoms with E-state index < -0.39 is 0 Å². The SMILES string of the molecule is C=C=CCCC(=O)OCC. The van der Waals surface area contributed by atoms with Gasteiger partial charge in [0.15, 0.2) is 0 Å². The predicted molar refractivity (Wildman–Crippen MR) is 39.6 cm³/mol. The molecule has 0 aliphatic rings. The second-order valence-corrected chi connectivity index (χ2v) is 1.75. The topological polar surface area (TPSA) is 26.3 Å². The number of carbonyl (C=O) groups excluding carboxylic acids is 1. The Kier molecular flexibility index (Phi) is 5.50. The zero-order valence-electron chi connectivity index (χ0n) is 6.22. The number of hydrogen-bond donors (Lipinski definition) is 0. The molecule has 0 aromatic heterocycles. The molecule has 0 N–H and O–H groups in total. The summed E-state index contributed by atoms with van der Waals surface area (Å²) in [4.78, 5) is 10.6. The molecule has 0 atom stereocenters. The summed E-state index contributed by atoms with van der Waals surface area (Å²) < 4.78 is 4.68. The molecule has 2 heteroatoms. The van der Waals surface area contributed by atoms with Crippen molar-refractivity contribution in [3.8, 4) is 0 Å². The summed E-state index contributed by atoms with van der Waals surface area (Å²) in [6, 6.07) is 0. The van der Waals surface area contributed by atoms with Crippen molar-refractivity contribution < 1.29 is 9.53 Å². The summed E-state index contributed by atoms with van der Waals surface area (Å²) in [5.74, 6) is -0.158. The number of allylic oxidation sites excluding steroid dienone is 1. The van der Waals surface area contributed by atoms with Gasteiger partial charge in [0, 0.05) is 6.42 Å². The van der Waals surface area contributed by atoms with Crippen LogP contribution in [0.2, 0.25) is 0 Å². The van der Waals surface area contributed by atoms with Crippen LogP contribution in [-0.4, -0.2) is 12.6 Å². The van der Waals surface area contributed by atoms with Crippen molar-refractivity contribution in [2.24, 2.45) is 0 Å². The van der Waals surface area contributed by atoms with Crippen molar-refractivity contribution in [1.29, 1.82) is 0 Å². The van der Waals surface area contributed by atoms with Gasteiger partial charge in [0.1, 0.15) is 0 Å². The van der Waals surface area contributed by atoms with Gasteiger partial charge in [-0.1, -0.05) is 6.58 Å². The number of carbonyl (C=O) groups is 1. The Labute approximate surface area is 61.2 Å². The first-order valence-corrected chi connectivity index (χ1v) is 3.31. The fraction of sp³-hybridized carbons (Fsp3) is 0.500. The van der Waals surface area contributed by atoms with Gasteiger partial charge in [-0.25, -0.2) is 0 Å². The van der Waals surface area contributed by atoms with Gasteiger partial charge in [-0.3, -0.25) is 4.79 Å². The van der Waals surface area contributed by atoms with Crippen LogP contribution in [0.25, 0.3) is 0 Å². The first-order chi connectivity index (χ1) is 4.81. The third-order valence-corrected chi connectivity index (χ3v) is 0.942. The number of esters is 1. The van der Waals surface area contributed by atoms with Gasteiger partial charge < -0.3 is 4.74 Å². The van der Waals surface area contributed by atoms with Crippen LogP contribution in [0.15, 0.2) is 18.4 Å². The highest BCUT2D eigenvalue weighted by Gasteiger charge is 1.96. The van der Waals surface area contributed by atoms with Crippen LogP contribution in [-0.2, 0) is 9.53 Å². The molecule has 10 heavy (non-hydrogen) atoms. The third kappa shape index (κ3) is 5.13. The van der Waals surface area contributed by atoms with Gasteiger partial charge >= 0.3 is 5.97 Å². The maximum atomic E-state index is 10.6. The minimum absolute atomic E-state index is 0.158. The van der Waals surface area contributed by atoms with Crippen molar-refractivity contribution in [1.82, 2.24) is 0 Å². The second kappa shape index (κ2) is 6.12. The smallest absolute Gasteiger partial charge is 0.306 e.